The van der Waals surface area contributed by atoms with Gasteiger partial charge in [-0.1, -0.05) is 6.92 Å². The van der Waals surface area contributed by atoms with Crippen molar-refractivity contribution in [3.8, 4) is 0 Å². The normalized spacial score (nSPS) is 17.7. The first-order valence-corrected chi connectivity index (χ1v) is 9.27. The minimum atomic E-state index is -0.289. The van der Waals surface area contributed by atoms with Gasteiger partial charge in [0.05, 0.1) is 5.25 Å². The predicted molar refractivity (Wildman–Crippen MR) is 92.8 cm³/mol. The molecule has 23 heavy (non-hydrogen) atoms. The molecule has 6 nitrogen and oxygen atoms in total. The summed E-state index contributed by atoms with van der Waals surface area (Å²) in [4.78, 5) is 37.0. The van der Waals surface area contributed by atoms with Crippen molar-refractivity contribution in [3.63, 3.8) is 0 Å². The third-order valence-corrected chi connectivity index (χ3v) is 4.87. The van der Waals surface area contributed by atoms with Gasteiger partial charge in [-0.2, -0.15) is 0 Å². The first kappa shape index (κ1) is 19.7. The van der Waals surface area contributed by atoms with Gasteiger partial charge < -0.3 is 10.7 Å². The van der Waals surface area contributed by atoms with E-state index in [4.69, 9.17) is 5.41 Å². The van der Waals surface area contributed by atoms with Crippen molar-refractivity contribution >= 4 is 35.2 Å². The average molecular weight is 341 g/mol. The van der Waals surface area contributed by atoms with Crippen molar-refractivity contribution < 1.29 is 14.4 Å². The number of imide groups is 1. The molecule has 130 valence electrons. The van der Waals surface area contributed by atoms with Crippen LogP contribution in [0.2, 0.25) is 0 Å². The molecule has 3 amide bonds. The van der Waals surface area contributed by atoms with Gasteiger partial charge in [0.2, 0.25) is 17.7 Å². The number of carbonyl (C=O) groups is 3. The maximum atomic E-state index is 12.2. The van der Waals surface area contributed by atoms with Crippen LogP contribution in [0.3, 0.4) is 0 Å². The molecule has 2 N–H and O–H groups in total. The quantitative estimate of drug-likeness (QED) is 0.341. The van der Waals surface area contributed by atoms with E-state index >= 15 is 0 Å². The fourth-order valence-corrected chi connectivity index (χ4v) is 3.46. The van der Waals surface area contributed by atoms with Crippen molar-refractivity contribution in [1.29, 1.82) is 5.41 Å². The molecule has 0 saturated carbocycles. The lowest BCUT2D eigenvalue weighted by Crippen LogP contribution is -2.33. The van der Waals surface area contributed by atoms with E-state index < -0.39 is 0 Å². The van der Waals surface area contributed by atoms with Crippen LogP contribution < -0.4 is 5.32 Å². The minimum absolute atomic E-state index is 0.0288. The summed E-state index contributed by atoms with van der Waals surface area (Å²) in [5.41, 5.74) is 0.641. The van der Waals surface area contributed by atoms with Crippen molar-refractivity contribution in [2.75, 3.05) is 18.8 Å². The predicted octanol–water partition coefficient (Wildman–Crippen LogP) is 1.97. The number of rotatable bonds is 11. The molecule has 0 spiro atoms. The largest absolute Gasteiger partial charge is 0.356 e. The summed E-state index contributed by atoms with van der Waals surface area (Å²) >= 11 is 1.50. The van der Waals surface area contributed by atoms with Gasteiger partial charge in [-0.25, -0.2) is 0 Å². The van der Waals surface area contributed by atoms with Crippen LogP contribution in [0, 0.1) is 5.41 Å². The molecule has 1 saturated heterocycles. The third-order valence-electron chi connectivity index (χ3n) is 3.58. The van der Waals surface area contributed by atoms with Crippen LogP contribution in [0.4, 0.5) is 0 Å². The second-order valence-corrected chi connectivity index (χ2v) is 7.10. The van der Waals surface area contributed by atoms with Gasteiger partial charge in [0.15, 0.2) is 0 Å². The van der Waals surface area contributed by atoms with Gasteiger partial charge in [0.1, 0.15) is 0 Å². The highest BCUT2D eigenvalue weighted by molar-refractivity contribution is 8.00. The molecule has 0 aromatic rings. The highest BCUT2D eigenvalue weighted by atomic mass is 32.2. The molecule has 1 atom stereocenters. The van der Waals surface area contributed by atoms with Crippen LogP contribution in [0.25, 0.3) is 0 Å². The molecule has 1 aliphatic heterocycles. The Labute approximate surface area is 142 Å². The smallest absolute Gasteiger partial charge is 0.242 e. The van der Waals surface area contributed by atoms with Crippen LogP contribution in [0.15, 0.2) is 0 Å². The maximum absolute atomic E-state index is 12.2. The lowest BCUT2D eigenvalue weighted by molar-refractivity contribution is -0.138. The molecule has 1 aliphatic rings. The Kier molecular flexibility index (Phi) is 8.91. The van der Waals surface area contributed by atoms with Crippen LogP contribution >= 0.6 is 11.8 Å². The standard InChI is InChI=1S/C16H27N3O3S/c1-3-8-18-14(20)7-4-9-19-15(21)11-13(16(19)22)23-10-5-6-12(2)17/h13,17H,3-11H2,1-2H3,(H,18,20). The Morgan fingerprint density at radius 3 is 2.74 bits per heavy atom. The highest BCUT2D eigenvalue weighted by Gasteiger charge is 2.38. The Morgan fingerprint density at radius 2 is 2.09 bits per heavy atom. The van der Waals surface area contributed by atoms with Gasteiger partial charge in [-0.15, -0.1) is 11.8 Å². The van der Waals surface area contributed by atoms with Crippen LogP contribution in [-0.2, 0) is 14.4 Å². The number of nitrogens with one attached hydrogen (secondary N) is 2. The SMILES string of the molecule is CCCNC(=O)CCCN1C(=O)CC(SCCCC(C)=N)C1=O. The average Bonchev–Trinajstić information content (AvgIpc) is 2.76. The molecule has 7 heteroatoms. The fraction of sp³-hybridized carbons (Fsp3) is 0.750. The zero-order valence-electron chi connectivity index (χ0n) is 14.0. The number of hydrogen-bond donors (Lipinski definition) is 2. The monoisotopic (exact) mass is 341 g/mol. The number of likely N-dealkylation sites (tertiary alicyclic amines) is 1. The number of hydrogen-bond acceptors (Lipinski definition) is 5. The Hall–Kier alpha value is -1.37. The molecular formula is C16H27N3O3S. The molecule has 1 rings (SSSR count). The van der Waals surface area contributed by atoms with E-state index in [0.29, 0.717) is 31.6 Å². The minimum Gasteiger partial charge on any atom is -0.356 e. The molecule has 1 heterocycles. The van der Waals surface area contributed by atoms with E-state index in [1.165, 1.54) is 16.7 Å². The lowest BCUT2D eigenvalue weighted by atomic mass is 10.2. The second-order valence-electron chi connectivity index (χ2n) is 5.78. The van der Waals surface area contributed by atoms with E-state index in [9.17, 15) is 14.4 Å². The van der Waals surface area contributed by atoms with Crippen LogP contribution in [-0.4, -0.2) is 52.4 Å². The van der Waals surface area contributed by atoms with Crippen molar-refractivity contribution in [1.82, 2.24) is 10.2 Å². The summed E-state index contributed by atoms with van der Waals surface area (Å²) in [7, 11) is 0. The van der Waals surface area contributed by atoms with Gasteiger partial charge in [-0.05, 0) is 38.4 Å². The first-order chi connectivity index (χ1) is 11.0. The number of carbonyl (C=O) groups excluding carboxylic acids is 3. The van der Waals surface area contributed by atoms with Gasteiger partial charge in [-0.3, -0.25) is 19.3 Å². The zero-order chi connectivity index (χ0) is 17.2. The summed E-state index contributed by atoms with van der Waals surface area (Å²) in [5, 5.41) is 9.86. The molecular weight excluding hydrogens is 314 g/mol. The van der Waals surface area contributed by atoms with Crippen molar-refractivity contribution in [2.24, 2.45) is 0 Å². The van der Waals surface area contributed by atoms with E-state index in [1.54, 1.807) is 6.92 Å². The second kappa shape index (κ2) is 10.4. The van der Waals surface area contributed by atoms with Crippen LogP contribution in [0.1, 0.15) is 52.4 Å². The van der Waals surface area contributed by atoms with E-state index in [0.717, 1.165) is 25.0 Å². The van der Waals surface area contributed by atoms with Gasteiger partial charge in [0, 0.05) is 31.6 Å². The molecule has 0 aromatic carbocycles. The lowest BCUT2D eigenvalue weighted by Gasteiger charge is -2.14. The zero-order valence-corrected chi connectivity index (χ0v) is 14.8. The number of nitrogens with zero attached hydrogens (tertiary/aromatic N) is 1. The summed E-state index contributed by atoms with van der Waals surface area (Å²) < 4.78 is 0. The Bertz CT molecular complexity index is 454. The summed E-state index contributed by atoms with van der Waals surface area (Å²) in [6, 6.07) is 0. The molecule has 0 aromatic heterocycles. The molecule has 0 radical (unpaired) electrons. The molecule has 1 fully saturated rings. The fourth-order valence-electron chi connectivity index (χ4n) is 2.33. The molecule has 0 bridgehead atoms. The number of thioether (sulfide) groups is 1. The van der Waals surface area contributed by atoms with E-state index in [2.05, 4.69) is 5.32 Å². The highest BCUT2D eigenvalue weighted by Crippen LogP contribution is 2.26. The summed E-state index contributed by atoms with van der Waals surface area (Å²) in [6.07, 6.45) is 3.60. The van der Waals surface area contributed by atoms with E-state index in [-0.39, 0.29) is 29.4 Å². The maximum Gasteiger partial charge on any atom is 0.242 e. The van der Waals surface area contributed by atoms with Gasteiger partial charge >= 0.3 is 0 Å². The Morgan fingerprint density at radius 1 is 1.35 bits per heavy atom. The molecule has 1 unspecified atom stereocenters. The van der Waals surface area contributed by atoms with Gasteiger partial charge in [0.25, 0.3) is 0 Å². The number of amides is 3. The van der Waals surface area contributed by atoms with Crippen LogP contribution in [0.5, 0.6) is 0 Å². The first-order valence-electron chi connectivity index (χ1n) is 8.22. The third kappa shape index (κ3) is 7.16. The van der Waals surface area contributed by atoms with Crippen molar-refractivity contribution in [3.05, 3.63) is 0 Å². The topological polar surface area (TPSA) is 90.3 Å². The summed E-state index contributed by atoms with van der Waals surface area (Å²) in [6.45, 7) is 4.75. The molecule has 0 aliphatic carbocycles. The van der Waals surface area contributed by atoms with Crippen molar-refractivity contribution in [2.45, 2.75) is 57.6 Å². The van der Waals surface area contributed by atoms with E-state index in [1.807, 2.05) is 6.92 Å². The summed E-state index contributed by atoms with van der Waals surface area (Å²) in [5.74, 6) is 0.497. The Balaban J connectivity index is 2.29.